The van der Waals surface area contributed by atoms with E-state index in [4.69, 9.17) is 0 Å². The summed E-state index contributed by atoms with van der Waals surface area (Å²) in [5, 5.41) is 14.6. The van der Waals surface area contributed by atoms with Crippen LogP contribution in [0.3, 0.4) is 0 Å². The van der Waals surface area contributed by atoms with Gasteiger partial charge in [-0.15, -0.1) is 0 Å². The van der Waals surface area contributed by atoms with Crippen molar-refractivity contribution >= 4 is 0 Å². The van der Waals surface area contributed by atoms with Gasteiger partial charge in [-0.05, 0) is 19.0 Å². The maximum atomic E-state index is 13.7. The minimum atomic E-state index is -1.01. The molecule has 1 N–H and O–H groups in total. The van der Waals surface area contributed by atoms with E-state index >= 15 is 0 Å². The van der Waals surface area contributed by atoms with Crippen molar-refractivity contribution in [2.24, 2.45) is 7.05 Å². The van der Waals surface area contributed by atoms with Gasteiger partial charge in [-0.2, -0.15) is 5.10 Å². The fourth-order valence-electron chi connectivity index (χ4n) is 2.68. The zero-order valence-electron chi connectivity index (χ0n) is 13.9. The third-order valence-electron chi connectivity index (χ3n) is 3.73. The highest BCUT2D eigenvalue weighted by Gasteiger charge is 2.18. The monoisotopic (exact) mass is 323 g/mol. The molecule has 1 heterocycles. The van der Waals surface area contributed by atoms with Crippen LogP contribution in [0.2, 0.25) is 0 Å². The summed E-state index contributed by atoms with van der Waals surface area (Å²) in [7, 11) is 3.72. The first kappa shape index (κ1) is 17.6. The third-order valence-corrected chi connectivity index (χ3v) is 3.73. The lowest BCUT2D eigenvalue weighted by Crippen LogP contribution is -2.25. The second kappa shape index (κ2) is 7.19. The molecule has 0 fully saturated rings. The molecule has 0 saturated heterocycles. The molecule has 1 aromatic heterocycles. The van der Waals surface area contributed by atoms with Gasteiger partial charge in [-0.25, -0.2) is 8.78 Å². The molecule has 4 nitrogen and oxygen atoms in total. The van der Waals surface area contributed by atoms with Crippen molar-refractivity contribution in [2.45, 2.75) is 32.4 Å². The molecule has 0 radical (unpaired) electrons. The summed E-state index contributed by atoms with van der Waals surface area (Å²) in [5.74, 6) is -1.07. The Morgan fingerprint density at radius 1 is 1.30 bits per heavy atom. The molecule has 1 atom stereocenters. The van der Waals surface area contributed by atoms with Crippen LogP contribution in [0.25, 0.3) is 0 Å². The number of rotatable bonds is 6. The molecule has 0 bridgehead atoms. The van der Waals surface area contributed by atoms with Crippen molar-refractivity contribution in [3.63, 3.8) is 0 Å². The molecular formula is C17H23F2N3O. The van der Waals surface area contributed by atoms with Crippen LogP contribution < -0.4 is 0 Å². The normalized spacial score (nSPS) is 13.1. The molecule has 6 heteroatoms. The Bertz CT molecular complexity index is 670. The van der Waals surface area contributed by atoms with Crippen LogP contribution in [0.1, 0.15) is 42.7 Å². The van der Waals surface area contributed by atoms with E-state index < -0.39 is 17.7 Å². The van der Waals surface area contributed by atoms with Crippen LogP contribution in [0.5, 0.6) is 0 Å². The van der Waals surface area contributed by atoms with Gasteiger partial charge in [0.15, 0.2) is 0 Å². The SMILES string of the molecule is CC(C)c1nn(C)cc1CN(C)CC(O)c1ccc(F)cc1F. The van der Waals surface area contributed by atoms with Gasteiger partial charge >= 0.3 is 0 Å². The van der Waals surface area contributed by atoms with Gasteiger partial charge in [0.25, 0.3) is 0 Å². The largest absolute Gasteiger partial charge is 0.387 e. The van der Waals surface area contributed by atoms with Crippen molar-refractivity contribution in [1.29, 1.82) is 0 Å². The standard InChI is InChI=1S/C17H23F2N3O/c1-11(2)17-12(9-22(4)20-17)8-21(3)10-16(23)14-6-5-13(18)7-15(14)19/h5-7,9,11,16,23H,8,10H2,1-4H3. The molecule has 1 unspecified atom stereocenters. The van der Waals surface area contributed by atoms with Crippen molar-refractivity contribution in [3.05, 3.63) is 52.9 Å². The van der Waals surface area contributed by atoms with E-state index in [0.717, 1.165) is 23.4 Å². The van der Waals surface area contributed by atoms with E-state index in [1.807, 2.05) is 25.2 Å². The number of halogens is 2. The second-order valence-corrected chi connectivity index (χ2v) is 6.25. The molecule has 2 rings (SSSR count). The predicted molar refractivity (Wildman–Crippen MR) is 84.9 cm³/mol. The van der Waals surface area contributed by atoms with Gasteiger partial charge in [0.1, 0.15) is 11.6 Å². The minimum absolute atomic E-state index is 0.105. The summed E-state index contributed by atoms with van der Waals surface area (Å²) in [6, 6.07) is 3.23. The van der Waals surface area contributed by atoms with E-state index in [0.29, 0.717) is 12.5 Å². The quantitative estimate of drug-likeness (QED) is 0.888. The lowest BCUT2D eigenvalue weighted by atomic mass is 10.1. The molecular weight excluding hydrogens is 300 g/mol. The topological polar surface area (TPSA) is 41.3 Å². The third kappa shape index (κ3) is 4.36. The van der Waals surface area contributed by atoms with Crippen LogP contribution >= 0.6 is 0 Å². The molecule has 0 amide bonds. The molecule has 0 aliphatic heterocycles. The Kier molecular flexibility index (Phi) is 5.49. The summed E-state index contributed by atoms with van der Waals surface area (Å²) in [4.78, 5) is 1.90. The summed E-state index contributed by atoms with van der Waals surface area (Å²) >= 11 is 0. The first-order valence-corrected chi connectivity index (χ1v) is 7.62. The number of nitrogens with zero attached hydrogens (tertiary/aromatic N) is 3. The average molecular weight is 323 g/mol. The number of aliphatic hydroxyl groups excluding tert-OH is 1. The Balaban J connectivity index is 2.06. The fraction of sp³-hybridized carbons (Fsp3) is 0.471. The Labute approximate surface area is 135 Å². The summed E-state index contributed by atoms with van der Waals surface area (Å²) < 4.78 is 28.4. The minimum Gasteiger partial charge on any atom is -0.387 e. The van der Waals surface area contributed by atoms with Gasteiger partial charge in [-0.3, -0.25) is 9.58 Å². The lowest BCUT2D eigenvalue weighted by molar-refractivity contribution is 0.120. The van der Waals surface area contributed by atoms with Crippen LogP contribution in [-0.4, -0.2) is 33.4 Å². The molecule has 0 aliphatic rings. The number of hydrogen-bond donors (Lipinski definition) is 1. The summed E-state index contributed by atoms with van der Waals surface area (Å²) in [6.45, 7) is 5.00. The van der Waals surface area contributed by atoms with Gasteiger partial charge < -0.3 is 5.11 Å². The van der Waals surface area contributed by atoms with E-state index in [1.54, 1.807) is 4.68 Å². The Morgan fingerprint density at radius 2 is 2.00 bits per heavy atom. The molecule has 0 saturated carbocycles. The zero-order chi connectivity index (χ0) is 17.1. The van der Waals surface area contributed by atoms with E-state index in [1.165, 1.54) is 6.07 Å². The predicted octanol–water partition coefficient (Wildman–Crippen LogP) is 2.99. The first-order valence-electron chi connectivity index (χ1n) is 7.62. The molecule has 23 heavy (non-hydrogen) atoms. The number of aromatic nitrogens is 2. The van der Waals surface area contributed by atoms with Crippen molar-refractivity contribution in [3.8, 4) is 0 Å². The highest BCUT2D eigenvalue weighted by atomic mass is 19.1. The van der Waals surface area contributed by atoms with Crippen molar-refractivity contribution < 1.29 is 13.9 Å². The fourth-order valence-corrected chi connectivity index (χ4v) is 2.68. The number of likely N-dealkylation sites (N-methyl/N-ethyl adjacent to an activating group) is 1. The van der Waals surface area contributed by atoms with Crippen molar-refractivity contribution in [2.75, 3.05) is 13.6 Å². The van der Waals surface area contributed by atoms with E-state index in [2.05, 4.69) is 18.9 Å². The van der Waals surface area contributed by atoms with Crippen LogP contribution in [-0.2, 0) is 13.6 Å². The molecule has 0 aliphatic carbocycles. The second-order valence-electron chi connectivity index (χ2n) is 6.25. The molecule has 2 aromatic rings. The number of aryl methyl sites for hydroxylation is 1. The Hall–Kier alpha value is -1.79. The molecule has 126 valence electrons. The van der Waals surface area contributed by atoms with Crippen molar-refractivity contribution in [1.82, 2.24) is 14.7 Å². The average Bonchev–Trinajstić information content (AvgIpc) is 2.79. The van der Waals surface area contributed by atoms with Crippen LogP contribution in [0, 0.1) is 11.6 Å². The highest BCUT2D eigenvalue weighted by molar-refractivity contribution is 5.22. The molecule has 1 aromatic carbocycles. The maximum Gasteiger partial charge on any atom is 0.131 e. The number of benzene rings is 1. The first-order chi connectivity index (χ1) is 10.8. The highest BCUT2D eigenvalue weighted by Crippen LogP contribution is 2.22. The zero-order valence-corrected chi connectivity index (χ0v) is 13.9. The van der Waals surface area contributed by atoms with Gasteiger partial charge in [0.05, 0.1) is 11.8 Å². The Morgan fingerprint density at radius 3 is 2.61 bits per heavy atom. The maximum absolute atomic E-state index is 13.7. The molecule has 0 spiro atoms. The lowest BCUT2D eigenvalue weighted by Gasteiger charge is -2.21. The number of aliphatic hydroxyl groups is 1. The smallest absolute Gasteiger partial charge is 0.131 e. The van der Waals surface area contributed by atoms with Gasteiger partial charge in [0, 0.05) is 43.5 Å². The number of hydrogen-bond acceptors (Lipinski definition) is 3. The van der Waals surface area contributed by atoms with Gasteiger partial charge in [0.2, 0.25) is 0 Å². The van der Waals surface area contributed by atoms with E-state index in [9.17, 15) is 13.9 Å². The van der Waals surface area contributed by atoms with E-state index in [-0.39, 0.29) is 12.1 Å². The summed E-state index contributed by atoms with van der Waals surface area (Å²) in [5.41, 5.74) is 2.20. The van der Waals surface area contributed by atoms with Gasteiger partial charge in [-0.1, -0.05) is 19.9 Å². The van der Waals surface area contributed by atoms with Crippen LogP contribution in [0.4, 0.5) is 8.78 Å². The van der Waals surface area contributed by atoms with Crippen LogP contribution in [0.15, 0.2) is 24.4 Å². The summed E-state index contributed by atoms with van der Waals surface area (Å²) in [6.07, 6.45) is 0.941.